The van der Waals surface area contributed by atoms with Gasteiger partial charge in [-0.3, -0.25) is 19.2 Å². The van der Waals surface area contributed by atoms with Gasteiger partial charge in [-0.05, 0) is 116 Å². The number of benzene rings is 2. The van der Waals surface area contributed by atoms with Crippen LogP contribution < -0.4 is 0 Å². The van der Waals surface area contributed by atoms with Crippen LogP contribution in [-0.4, -0.2) is 34.2 Å². The Morgan fingerprint density at radius 1 is 0.938 bits per heavy atom. The quantitative estimate of drug-likeness (QED) is 0.303. The smallest absolute Gasteiger partial charge is 0.310 e. The molecular formula is C40H46Cl2O6. The molecule has 7 atom stereocenters. The van der Waals surface area contributed by atoms with Crippen LogP contribution >= 0.6 is 23.2 Å². The van der Waals surface area contributed by atoms with E-state index in [1.54, 1.807) is 19.1 Å². The lowest BCUT2D eigenvalue weighted by Crippen LogP contribution is -2.58. The third kappa shape index (κ3) is 6.20. The van der Waals surface area contributed by atoms with Gasteiger partial charge in [0.15, 0.2) is 17.2 Å². The van der Waals surface area contributed by atoms with Crippen molar-refractivity contribution in [1.82, 2.24) is 0 Å². The van der Waals surface area contributed by atoms with Crippen molar-refractivity contribution in [3.8, 4) is 11.1 Å². The second-order valence-corrected chi connectivity index (χ2v) is 15.4. The number of aliphatic carboxylic acids is 1. The van der Waals surface area contributed by atoms with Crippen molar-refractivity contribution in [3.05, 3.63) is 81.4 Å². The summed E-state index contributed by atoms with van der Waals surface area (Å²) in [5.74, 6) is -0.228. The SMILES string of the molecule is CC(=O)O[C@]1(C(C)=O)CC[C@H]2[C@@H]3C=C(C)C4=CC(=O)CC[C@]4(C)[C@H]3CC[C@@]21C.CCC(C(=O)O)c1ccc(-c2ccc(Cl)c(Cl)c2)cc1. The summed E-state index contributed by atoms with van der Waals surface area (Å²) < 4.78 is 5.82. The van der Waals surface area contributed by atoms with Crippen molar-refractivity contribution in [1.29, 1.82) is 0 Å². The summed E-state index contributed by atoms with van der Waals surface area (Å²) in [5.41, 5.74) is 3.89. The van der Waals surface area contributed by atoms with E-state index in [1.165, 1.54) is 18.1 Å². The highest BCUT2D eigenvalue weighted by atomic mass is 35.5. The summed E-state index contributed by atoms with van der Waals surface area (Å²) in [5, 5.41) is 10.2. The molecule has 0 bridgehead atoms. The molecule has 48 heavy (non-hydrogen) atoms. The number of ether oxygens (including phenoxy) is 1. The van der Waals surface area contributed by atoms with Crippen LogP contribution in [0.4, 0.5) is 0 Å². The summed E-state index contributed by atoms with van der Waals surface area (Å²) in [6.45, 7) is 11.5. The van der Waals surface area contributed by atoms with Gasteiger partial charge in [-0.25, -0.2) is 0 Å². The lowest BCUT2D eigenvalue weighted by molar-refractivity contribution is -0.185. The number of rotatable bonds is 6. The first-order chi connectivity index (χ1) is 22.6. The maximum atomic E-state index is 12.8. The molecule has 6 rings (SSSR count). The predicted octanol–water partition coefficient (Wildman–Crippen LogP) is 9.81. The summed E-state index contributed by atoms with van der Waals surface area (Å²) >= 11 is 11.9. The maximum Gasteiger partial charge on any atom is 0.310 e. The molecule has 0 amide bonds. The largest absolute Gasteiger partial charge is 0.481 e. The van der Waals surface area contributed by atoms with Gasteiger partial charge in [-0.1, -0.05) is 86.0 Å². The molecule has 0 saturated heterocycles. The van der Waals surface area contributed by atoms with Crippen LogP contribution in [-0.2, 0) is 23.9 Å². The summed E-state index contributed by atoms with van der Waals surface area (Å²) in [7, 11) is 0. The second-order valence-electron chi connectivity index (χ2n) is 14.6. The molecule has 2 aromatic carbocycles. The van der Waals surface area contributed by atoms with Gasteiger partial charge in [-0.15, -0.1) is 0 Å². The average molecular weight is 694 g/mol. The molecule has 8 heteroatoms. The lowest BCUT2D eigenvalue weighted by Gasteiger charge is -2.58. The highest BCUT2D eigenvalue weighted by Crippen LogP contribution is 2.67. The number of hydrogen-bond acceptors (Lipinski definition) is 5. The Kier molecular flexibility index (Phi) is 10.2. The van der Waals surface area contributed by atoms with E-state index in [0.29, 0.717) is 47.1 Å². The molecule has 2 fully saturated rings. The molecule has 256 valence electrons. The van der Waals surface area contributed by atoms with Crippen LogP contribution in [0.15, 0.2) is 65.8 Å². The minimum absolute atomic E-state index is 0.0160. The van der Waals surface area contributed by atoms with Gasteiger partial charge in [0.25, 0.3) is 0 Å². The van der Waals surface area contributed by atoms with E-state index in [0.717, 1.165) is 42.4 Å². The Morgan fingerprint density at radius 2 is 1.58 bits per heavy atom. The van der Waals surface area contributed by atoms with E-state index in [-0.39, 0.29) is 28.4 Å². The molecule has 2 aromatic rings. The highest BCUT2D eigenvalue weighted by Gasteiger charge is 2.67. The third-order valence-electron chi connectivity index (χ3n) is 12.1. The van der Waals surface area contributed by atoms with Crippen molar-refractivity contribution in [2.45, 2.75) is 98.0 Å². The van der Waals surface area contributed by atoms with Crippen LogP contribution in [0, 0.1) is 28.6 Å². The molecule has 4 aliphatic rings. The molecule has 4 aliphatic carbocycles. The van der Waals surface area contributed by atoms with E-state index >= 15 is 0 Å². The molecule has 0 heterocycles. The highest BCUT2D eigenvalue weighted by molar-refractivity contribution is 6.42. The Labute approximate surface area is 293 Å². The molecule has 1 unspecified atom stereocenters. The number of carbonyl (C=O) groups is 4. The molecule has 0 aliphatic heterocycles. The van der Waals surface area contributed by atoms with Crippen LogP contribution in [0.25, 0.3) is 11.1 Å². The standard InChI is InChI=1S/C24H32O4.C16H14Cl2O2/c1-14-12-18-19(22(4)9-6-17(27)13-21(14)22)7-10-23(5)20(18)8-11-24(23,15(2)25)28-16(3)26;1-2-13(16(19)20)11-5-3-10(4-6-11)12-7-8-14(17)15(18)9-12/h12-13,18-20H,6-11H2,1-5H3;3-9,13H,2H2,1H3,(H,19,20)/t18-,19+,20+,22-,23+,24+;/m1./s1. The van der Waals surface area contributed by atoms with Gasteiger partial charge in [0.1, 0.15) is 0 Å². The van der Waals surface area contributed by atoms with Gasteiger partial charge in [0, 0.05) is 18.8 Å². The van der Waals surface area contributed by atoms with Gasteiger partial charge >= 0.3 is 11.9 Å². The number of esters is 1. The number of ketones is 2. The zero-order valence-corrected chi connectivity index (χ0v) is 30.2. The molecule has 1 N–H and O–H groups in total. The summed E-state index contributed by atoms with van der Waals surface area (Å²) in [6.07, 6.45) is 9.77. The van der Waals surface area contributed by atoms with Gasteiger partial charge < -0.3 is 9.84 Å². The van der Waals surface area contributed by atoms with Crippen LogP contribution in [0.5, 0.6) is 0 Å². The fourth-order valence-corrected chi connectivity index (χ4v) is 9.91. The second kappa shape index (κ2) is 13.6. The molecular weight excluding hydrogens is 647 g/mol. The number of halogens is 2. The zero-order chi connectivity index (χ0) is 35.2. The number of allylic oxidation sites excluding steroid dienone is 4. The van der Waals surface area contributed by atoms with E-state index in [4.69, 9.17) is 33.0 Å². The zero-order valence-electron chi connectivity index (χ0n) is 28.7. The number of hydrogen-bond donors (Lipinski definition) is 1. The minimum atomic E-state index is -0.990. The molecule has 0 radical (unpaired) electrons. The number of carboxylic acids is 1. The van der Waals surface area contributed by atoms with E-state index < -0.39 is 17.5 Å². The Balaban J connectivity index is 0.000000199. The van der Waals surface area contributed by atoms with Crippen molar-refractivity contribution in [3.63, 3.8) is 0 Å². The van der Waals surface area contributed by atoms with Crippen LogP contribution in [0.1, 0.15) is 98.0 Å². The Bertz CT molecular complexity index is 1690. The average Bonchev–Trinajstić information content (AvgIpc) is 3.33. The van der Waals surface area contributed by atoms with Crippen LogP contribution in [0.3, 0.4) is 0 Å². The third-order valence-corrected chi connectivity index (χ3v) is 12.8. The molecule has 0 aromatic heterocycles. The van der Waals surface area contributed by atoms with Gasteiger partial charge in [-0.2, -0.15) is 0 Å². The number of fused-ring (bicyclic) bond motifs is 5. The van der Waals surface area contributed by atoms with Crippen LogP contribution in [0.2, 0.25) is 10.0 Å². The lowest BCUT2D eigenvalue weighted by atomic mass is 9.47. The molecule has 6 nitrogen and oxygen atoms in total. The summed E-state index contributed by atoms with van der Waals surface area (Å²) in [4.78, 5) is 47.9. The monoisotopic (exact) mass is 692 g/mol. The fraction of sp³-hybridized carbons (Fsp3) is 0.500. The molecule has 2 saturated carbocycles. The number of carbonyl (C=O) groups excluding carboxylic acids is 3. The minimum Gasteiger partial charge on any atom is -0.481 e. The first-order valence-electron chi connectivity index (χ1n) is 17.0. The number of carboxylic acid groups (broad SMARTS) is 1. The maximum absolute atomic E-state index is 12.8. The first-order valence-corrected chi connectivity index (χ1v) is 17.8. The topological polar surface area (TPSA) is 97.7 Å². The van der Waals surface area contributed by atoms with E-state index in [9.17, 15) is 19.2 Å². The van der Waals surface area contributed by atoms with Crippen molar-refractivity contribution < 1.29 is 29.0 Å². The Morgan fingerprint density at radius 3 is 2.17 bits per heavy atom. The first kappa shape index (κ1) is 36.1. The van der Waals surface area contributed by atoms with E-state index in [2.05, 4.69) is 26.8 Å². The van der Waals surface area contributed by atoms with Crippen molar-refractivity contribution in [2.24, 2.45) is 28.6 Å². The summed E-state index contributed by atoms with van der Waals surface area (Å²) in [6, 6.07) is 12.9. The van der Waals surface area contributed by atoms with E-state index in [1.807, 2.05) is 43.3 Å². The van der Waals surface area contributed by atoms with Crippen molar-refractivity contribution >= 4 is 46.7 Å². The van der Waals surface area contributed by atoms with Crippen molar-refractivity contribution in [2.75, 3.05) is 0 Å². The molecule has 0 spiro atoms. The fourth-order valence-electron chi connectivity index (χ4n) is 9.61. The number of Topliss-reactive ketones (excluding diaryl/α,β-unsaturated/α-hetero) is 1. The Hall–Kier alpha value is -3.22. The van der Waals surface area contributed by atoms with Gasteiger partial charge in [0.05, 0.1) is 16.0 Å². The predicted molar refractivity (Wildman–Crippen MR) is 189 cm³/mol. The van der Waals surface area contributed by atoms with Gasteiger partial charge in [0.2, 0.25) is 0 Å². The normalized spacial score (nSPS) is 31.1.